The van der Waals surface area contributed by atoms with Gasteiger partial charge in [-0.2, -0.15) is 0 Å². The molecule has 0 saturated heterocycles. The van der Waals surface area contributed by atoms with E-state index in [1.54, 1.807) is 60.8 Å². The Morgan fingerprint density at radius 2 is 2.06 bits per heavy atom. The maximum atomic E-state index is 13.4. The van der Waals surface area contributed by atoms with E-state index in [0.29, 0.717) is 23.7 Å². The van der Waals surface area contributed by atoms with Crippen molar-refractivity contribution in [1.29, 1.82) is 0 Å². The summed E-state index contributed by atoms with van der Waals surface area (Å²) in [6.45, 7) is 2.24. The van der Waals surface area contributed by atoms with Gasteiger partial charge < -0.3 is 9.32 Å². The van der Waals surface area contributed by atoms with Crippen molar-refractivity contribution in [2.45, 2.75) is 20.0 Å². The number of rotatable bonds is 7. The number of carbonyl (C=O) groups is 1. The zero-order chi connectivity index (χ0) is 21.8. The molecule has 4 aromatic rings. The zero-order valence-corrected chi connectivity index (χ0v) is 16.6. The summed E-state index contributed by atoms with van der Waals surface area (Å²) in [5, 5.41) is 19.2. The van der Waals surface area contributed by atoms with E-state index in [1.807, 2.05) is 6.07 Å². The molecule has 0 aliphatic heterocycles. The number of carbonyl (C=O) groups excluding carboxylic acids is 1. The maximum Gasteiger partial charge on any atom is 0.277 e. The van der Waals surface area contributed by atoms with Crippen molar-refractivity contribution >= 4 is 11.6 Å². The standard InChI is InChI=1S/C21H18N6O4/c1-15-20(23-24-26(15)17-6-2-7-18(11-17)27(29)30)21(28)25(14-19-8-4-10-31-19)13-16-5-3-9-22-12-16/h2-12H,13-14H2,1H3. The highest BCUT2D eigenvalue weighted by atomic mass is 16.6. The molecular formula is C21H18N6O4. The summed E-state index contributed by atoms with van der Waals surface area (Å²) < 4.78 is 6.83. The van der Waals surface area contributed by atoms with Gasteiger partial charge in [-0.25, -0.2) is 4.68 Å². The Bertz CT molecular complexity index is 1200. The monoisotopic (exact) mass is 418 g/mol. The van der Waals surface area contributed by atoms with Gasteiger partial charge in [0.25, 0.3) is 11.6 Å². The van der Waals surface area contributed by atoms with E-state index in [4.69, 9.17) is 4.42 Å². The number of amides is 1. The second-order valence-corrected chi connectivity index (χ2v) is 6.81. The maximum absolute atomic E-state index is 13.4. The average molecular weight is 418 g/mol. The van der Waals surface area contributed by atoms with E-state index in [0.717, 1.165) is 5.56 Å². The Balaban J connectivity index is 1.65. The van der Waals surface area contributed by atoms with Crippen molar-refractivity contribution in [3.8, 4) is 5.69 Å². The molecule has 4 rings (SSSR count). The van der Waals surface area contributed by atoms with Crippen LogP contribution in [0.3, 0.4) is 0 Å². The minimum absolute atomic E-state index is 0.0729. The summed E-state index contributed by atoms with van der Waals surface area (Å²) in [6, 6.07) is 13.2. The number of furan rings is 1. The molecule has 0 unspecified atom stereocenters. The van der Waals surface area contributed by atoms with E-state index in [-0.39, 0.29) is 23.8 Å². The number of non-ortho nitro benzene ring substituents is 1. The average Bonchev–Trinajstić information content (AvgIpc) is 3.43. The van der Waals surface area contributed by atoms with Gasteiger partial charge in [-0.05, 0) is 36.8 Å². The van der Waals surface area contributed by atoms with Crippen LogP contribution in [0.2, 0.25) is 0 Å². The first kappa shape index (κ1) is 20.0. The molecule has 0 atom stereocenters. The SMILES string of the molecule is Cc1c(C(=O)N(Cc2cccnc2)Cc2ccco2)nnn1-c1cccc([N+](=O)[O-])c1. The van der Waals surface area contributed by atoms with E-state index in [2.05, 4.69) is 15.3 Å². The molecule has 1 amide bonds. The fourth-order valence-electron chi connectivity index (χ4n) is 3.16. The van der Waals surface area contributed by atoms with Crippen molar-refractivity contribution in [3.05, 3.63) is 100 Å². The lowest BCUT2D eigenvalue weighted by molar-refractivity contribution is -0.384. The molecular weight excluding hydrogens is 400 g/mol. The summed E-state index contributed by atoms with van der Waals surface area (Å²) in [4.78, 5) is 29.6. The molecule has 0 bridgehead atoms. The molecule has 0 radical (unpaired) electrons. The minimum atomic E-state index is -0.485. The lowest BCUT2D eigenvalue weighted by Crippen LogP contribution is -2.31. The first-order chi connectivity index (χ1) is 15.0. The lowest BCUT2D eigenvalue weighted by atomic mass is 10.2. The van der Waals surface area contributed by atoms with E-state index in [9.17, 15) is 14.9 Å². The predicted octanol–water partition coefficient (Wildman–Crippen LogP) is 3.31. The molecule has 0 spiro atoms. The van der Waals surface area contributed by atoms with Crippen LogP contribution in [0.1, 0.15) is 27.5 Å². The lowest BCUT2D eigenvalue weighted by Gasteiger charge is -2.21. The molecule has 0 aliphatic rings. The topological polar surface area (TPSA) is 120 Å². The number of hydrogen-bond donors (Lipinski definition) is 0. The number of nitro groups is 1. The normalized spacial score (nSPS) is 10.7. The Morgan fingerprint density at radius 1 is 1.19 bits per heavy atom. The van der Waals surface area contributed by atoms with Gasteiger partial charge in [0.15, 0.2) is 5.69 Å². The molecule has 10 nitrogen and oxygen atoms in total. The molecule has 0 aliphatic carbocycles. The van der Waals surface area contributed by atoms with Gasteiger partial charge in [-0.1, -0.05) is 17.3 Å². The van der Waals surface area contributed by atoms with Crippen LogP contribution in [-0.4, -0.2) is 35.7 Å². The van der Waals surface area contributed by atoms with E-state index >= 15 is 0 Å². The molecule has 0 fully saturated rings. The van der Waals surface area contributed by atoms with Crippen LogP contribution in [0.15, 0.2) is 71.6 Å². The predicted molar refractivity (Wildman–Crippen MR) is 109 cm³/mol. The first-order valence-corrected chi connectivity index (χ1v) is 9.40. The molecule has 0 saturated carbocycles. The van der Waals surface area contributed by atoms with Gasteiger partial charge >= 0.3 is 0 Å². The van der Waals surface area contributed by atoms with E-state index < -0.39 is 4.92 Å². The second kappa shape index (κ2) is 8.57. The number of pyridine rings is 1. The number of nitro benzene ring substituents is 1. The van der Waals surface area contributed by atoms with Gasteiger partial charge in [0, 0.05) is 31.1 Å². The smallest absolute Gasteiger partial charge is 0.277 e. The van der Waals surface area contributed by atoms with Crippen molar-refractivity contribution in [1.82, 2.24) is 24.9 Å². The van der Waals surface area contributed by atoms with Gasteiger partial charge in [0.05, 0.1) is 29.1 Å². The Kier molecular flexibility index (Phi) is 5.52. The first-order valence-electron chi connectivity index (χ1n) is 9.40. The quantitative estimate of drug-likeness (QED) is 0.333. The molecule has 3 aromatic heterocycles. The molecule has 10 heteroatoms. The second-order valence-electron chi connectivity index (χ2n) is 6.81. The zero-order valence-electron chi connectivity index (χ0n) is 16.6. The third kappa shape index (κ3) is 4.32. The minimum Gasteiger partial charge on any atom is -0.467 e. The van der Waals surface area contributed by atoms with Crippen molar-refractivity contribution in [3.63, 3.8) is 0 Å². The van der Waals surface area contributed by atoms with Crippen LogP contribution in [0.4, 0.5) is 5.69 Å². The molecule has 0 N–H and O–H groups in total. The highest BCUT2D eigenvalue weighted by molar-refractivity contribution is 5.93. The van der Waals surface area contributed by atoms with Crippen LogP contribution < -0.4 is 0 Å². The van der Waals surface area contributed by atoms with Gasteiger partial charge in [0.2, 0.25) is 0 Å². The highest BCUT2D eigenvalue weighted by Gasteiger charge is 2.24. The number of hydrogen-bond acceptors (Lipinski definition) is 7. The third-order valence-corrected chi connectivity index (χ3v) is 4.69. The molecule has 3 heterocycles. The van der Waals surface area contributed by atoms with Crippen molar-refractivity contribution in [2.24, 2.45) is 0 Å². The van der Waals surface area contributed by atoms with Crippen LogP contribution in [-0.2, 0) is 13.1 Å². The number of aromatic nitrogens is 4. The fraction of sp³-hybridized carbons (Fsp3) is 0.143. The third-order valence-electron chi connectivity index (χ3n) is 4.69. The molecule has 1 aromatic carbocycles. The summed E-state index contributed by atoms with van der Waals surface area (Å²) in [5.74, 6) is 0.287. The molecule has 31 heavy (non-hydrogen) atoms. The number of benzene rings is 1. The molecule has 156 valence electrons. The van der Waals surface area contributed by atoms with Gasteiger partial charge in [-0.15, -0.1) is 5.10 Å². The van der Waals surface area contributed by atoms with Gasteiger partial charge in [0.1, 0.15) is 5.76 Å². The van der Waals surface area contributed by atoms with Crippen LogP contribution in [0.25, 0.3) is 5.69 Å². The largest absolute Gasteiger partial charge is 0.467 e. The van der Waals surface area contributed by atoms with Gasteiger partial charge in [-0.3, -0.25) is 19.9 Å². The van der Waals surface area contributed by atoms with Crippen molar-refractivity contribution < 1.29 is 14.1 Å². The Hall–Kier alpha value is -4.34. The Labute approximate surface area is 176 Å². The van der Waals surface area contributed by atoms with Crippen molar-refractivity contribution in [2.75, 3.05) is 0 Å². The number of nitrogens with zero attached hydrogens (tertiary/aromatic N) is 6. The summed E-state index contributed by atoms with van der Waals surface area (Å²) in [5.41, 5.74) is 1.86. The fourth-order valence-corrected chi connectivity index (χ4v) is 3.16. The summed E-state index contributed by atoms with van der Waals surface area (Å²) in [7, 11) is 0. The van der Waals surface area contributed by atoms with Crippen LogP contribution >= 0.6 is 0 Å². The van der Waals surface area contributed by atoms with Crippen LogP contribution in [0, 0.1) is 17.0 Å². The van der Waals surface area contributed by atoms with Crippen LogP contribution in [0.5, 0.6) is 0 Å². The summed E-state index contributed by atoms with van der Waals surface area (Å²) in [6.07, 6.45) is 4.90. The summed E-state index contributed by atoms with van der Waals surface area (Å²) >= 11 is 0. The van der Waals surface area contributed by atoms with E-state index in [1.165, 1.54) is 16.8 Å². The highest BCUT2D eigenvalue weighted by Crippen LogP contribution is 2.20. The Morgan fingerprint density at radius 3 is 2.77 bits per heavy atom.